The Balaban J connectivity index is 2.36. The van der Waals surface area contributed by atoms with Gasteiger partial charge in [-0.2, -0.15) is 0 Å². The summed E-state index contributed by atoms with van der Waals surface area (Å²) in [4.78, 5) is 0.150. The molecule has 1 aromatic carbocycles. The molecule has 2 N–H and O–H groups in total. The Bertz CT molecular complexity index is 568. The molecule has 1 unspecified atom stereocenters. The molecule has 1 fully saturated rings. The van der Waals surface area contributed by atoms with Gasteiger partial charge in [-0.3, -0.25) is 0 Å². The van der Waals surface area contributed by atoms with Gasteiger partial charge >= 0.3 is 0 Å². The van der Waals surface area contributed by atoms with Crippen molar-refractivity contribution in [3.8, 4) is 5.75 Å². The van der Waals surface area contributed by atoms with E-state index in [1.807, 2.05) is 6.92 Å². The van der Waals surface area contributed by atoms with E-state index in [1.165, 1.54) is 7.11 Å². The maximum atomic E-state index is 12.5. The van der Waals surface area contributed by atoms with Gasteiger partial charge in [0, 0.05) is 16.6 Å². The highest BCUT2D eigenvalue weighted by Gasteiger charge is 2.34. The second-order valence-corrected chi connectivity index (χ2v) is 7.45. The molecule has 106 valence electrons. The van der Waals surface area contributed by atoms with Gasteiger partial charge in [-0.05, 0) is 38.1 Å². The second-order valence-electron chi connectivity index (χ2n) is 4.89. The summed E-state index contributed by atoms with van der Waals surface area (Å²) >= 11 is 3.28. The summed E-state index contributed by atoms with van der Waals surface area (Å²) in [6.45, 7) is 3.34. The van der Waals surface area contributed by atoms with Crippen molar-refractivity contribution in [2.75, 3.05) is 20.2 Å². The highest BCUT2D eigenvalue weighted by atomic mass is 79.9. The highest BCUT2D eigenvalue weighted by Crippen LogP contribution is 2.28. The summed E-state index contributed by atoms with van der Waals surface area (Å²) in [6, 6.07) is 4.93. The molecule has 0 bridgehead atoms. The maximum Gasteiger partial charge on any atom is 0.244 e. The van der Waals surface area contributed by atoms with Gasteiger partial charge in [-0.15, -0.1) is 0 Å². The number of benzene rings is 1. The van der Waals surface area contributed by atoms with E-state index < -0.39 is 15.6 Å². The van der Waals surface area contributed by atoms with Crippen LogP contribution in [0.2, 0.25) is 0 Å². The Morgan fingerprint density at radius 2 is 2.21 bits per heavy atom. The normalized spacial score (nSPS) is 23.5. The van der Waals surface area contributed by atoms with Crippen LogP contribution in [-0.4, -0.2) is 34.2 Å². The minimum Gasteiger partial charge on any atom is -0.495 e. The zero-order valence-corrected chi connectivity index (χ0v) is 13.3. The van der Waals surface area contributed by atoms with Crippen LogP contribution in [0.4, 0.5) is 0 Å². The molecule has 0 spiro atoms. The molecule has 1 aromatic rings. The number of hydrogen-bond acceptors (Lipinski definition) is 4. The van der Waals surface area contributed by atoms with Crippen molar-refractivity contribution in [3.05, 3.63) is 22.7 Å². The molecular formula is C12H17BrN2O3S. The largest absolute Gasteiger partial charge is 0.495 e. The summed E-state index contributed by atoms with van der Waals surface area (Å²) < 4.78 is 33.6. The first-order valence-electron chi connectivity index (χ1n) is 5.95. The standard InChI is InChI=1S/C12H17BrN2O3S/c1-12(5-6-14-8-12)15-19(16,17)11-7-9(13)3-4-10(11)18-2/h3-4,7,14-15H,5-6,8H2,1-2H3. The molecule has 0 aliphatic carbocycles. The van der Waals surface area contributed by atoms with E-state index in [0.717, 1.165) is 13.0 Å². The lowest BCUT2D eigenvalue weighted by atomic mass is 10.0. The van der Waals surface area contributed by atoms with E-state index in [1.54, 1.807) is 18.2 Å². The van der Waals surface area contributed by atoms with E-state index in [9.17, 15) is 8.42 Å². The smallest absolute Gasteiger partial charge is 0.244 e. The van der Waals surface area contributed by atoms with Crippen molar-refractivity contribution in [1.29, 1.82) is 0 Å². The molecule has 2 rings (SSSR count). The Labute approximate surface area is 121 Å². The van der Waals surface area contributed by atoms with Gasteiger partial charge in [-0.25, -0.2) is 13.1 Å². The van der Waals surface area contributed by atoms with Crippen LogP contribution >= 0.6 is 15.9 Å². The van der Waals surface area contributed by atoms with Crippen LogP contribution in [0, 0.1) is 0 Å². The van der Waals surface area contributed by atoms with Crippen LogP contribution in [0.3, 0.4) is 0 Å². The molecule has 1 heterocycles. The van der Waals surface area contributed by atoms with Crippen LogP contribution in [-0.2, 0) is 10.0 Å². The monoisotopic (exact) mass is 348 g/mol. The molecule has 1 aliphatic rings. The minimum atomic E-state index is -3.61. The topological polar surface area (TPSA) is 67.4 Å². The van der Waals surface area contributed by atoms with Crippen LogP contribution in [0.25, 0.3) is 0 Å². The summed E-state index contributed by atoms with van der Waals surface area (Å²) in [7, 11) is -2.15. The lowest BCUT2D eigenvalue weighted by Gasteiger charge is -2.24. The van der Waals surface area contributed by atoms with Gasteiger partial charge in [0.05, 0.1) is 7.11 Å². The van der Waals surface area contributed by atoms with Gasteiger partial charge < -0.3 is 10.1 Å². The number of halogens is 1. The zero-order valence-electron chi connectivity index (χ0n) is 10.9. The molecule has 0 saturated carbocycles. The Hall–Kier alpha value is -0.630. The number of methoxy groups -OCH3 is 1. The highest BCUT2D eigenvalue weighted by molar-refractivity contribution is 9.10. The number of sulfonamides is 1. The lowest BCUT2D eigenvalue weighted by molar-refractivity contribution is 0.399. The first-order chi connectivity index (χ1) is 8.86. The molecular weight excluding hydrogens is 332 g/mol. The van der Waals surface area contributed by atoms with Gasteiger partial charge in [-0.1, -0.05) is 15.9 Å². The van der Waals surface area contributed by atoms with E-state index in [4.69, 9.17) is 4.74 Å². The molecule has 5 nitrogen and oxygen atoms in total. The maximum absolute atomic E-state index is 12.5. The predicted molar refractivity (Wildman–Crippen MR) is 76.9 cm³/mol. The fraction of sp³-hybridized carbons (Fsp3) is 0.500. The number of rotatable bonds is 4. The zero-order chi connectivity index (χ0) is 14.1. The average molecular weight is 349 g/mol. The summed E-state index contributed by atoms with van der Waals surface area (Å²) in [5.74, 6) is 0.338. The van der Waals surface area contributed by atoms with E-state index >= 15 is 0 Å². The summed E-state index contributed by atoms with van der Waals surface area (Å²) in [5, 5.41) is 3.16. The van der Waals surface area contributed by atoms with Crippen molar-refractivity contribution >= 4 is 26.0 Å². The third kappa shape index (κ3) is 3.28. The molecule has 1 atom stereocenters. The van der Waals surface area contributed by atoms with Gasteiger partial charge in [0.15, 0.2) is 0 Å². The number of nitrogens with one attached hydrogen (secondary N) is 2. The lowest BCUT2D eigenvalue weighted by Crippen LogP contribution is -2.47. The predicted octanol–water partition coefficient (Wildman–Crippen LogP) is 1.49. The minimum absolute atomic E-state index is 0.150. The van der Waals surface area contributed by atoms with Crippen molar-refractivity contribution in [3.63, 3.8) is 0 Å². The first kappa shape index (κ1) is 14.8. The molecule has 1 aliphatic heterocycles. The quantitative estimate of drug-likeness (QED) is 0.864. The van der Waals surface area contributed by atoms with Crippen LogP contribution in [0.5, 0.6) is 5.75 Å². The summed E-state index contributed by atoms with van der Waals surface area (Å²) in [5.41, 5.74) is -0.452. The Morgan fingerprint density at radius 3 is 2.79 bits per heavy atom. The fourth-order valence-corrected chi connectivity index (χ4v) is 4.29. The Morgan fingerprint density at radius 1 is 1.47 bits per heavy atom. The molecule has 19 heavy (non-hydrogen) atoms. The third-order valence-corrected chi connectivity index (χ3v) is 5.32. The molecule has 0 radical (unpaired) electrons. The van der Waals surface area contributed by atoms with Crippen molar-refractivity contribution in [1.82, 2.24) is 10.0 Å². The van der Waals surface area contributed by atoms with Crippen molar-refractivity contribution in [2.45, 2.75) is 23.8 Å². The molecule has 0 amide bonds. The molecule has 7 heteroatoms. The van der Waals surface area contributed by atoms with E-state index in [2.05, 4.69) is 26.0 Å². The summed E-state index contributed by atoms with van der Waals surface area (Å²) in [6.07, 6.45) is 0.766. The van der Waals surface area contributed by atoms with Crippen LogP contribution in [0.1, 0.15) is 13.3 Å². The molecule has 1 saturated heterocycles. The molecule has 0 aromatic heterocycles. The SMILES string of the molecule is COc1ccc(Br)cc1S(=O)(=O)NC1(C)CCNC1. The van der Waals surface area contributed by atoms with Gasteiger partial charge in [0.1, 0.15) is 10.6 Å². The number of ether oxygens (including phenoxy) is 1. The average Bonchev–Trinajstić information content (AvgIpc) is 2.74. The van der Waals surface area contributed by atoms with Crippen LogP contribution in [0.15, 0.2) is 27.6 Å². The van der Waals surface area contributed by atoms with Crippen molar-refractivity contribution in [2.24, 2.45) is 0 Å². The third-order valence-electron chi connectivity index (χ3n) is 3.16. The van der Waals surface area contributed by atoms with Crippen LogP contribution < -0.4 is 14.8 Å². The van der Waals surface area contributed by atoms with E-state index in [0.29, 0.717) is 16.8 Å². The first-order valence-corrected chi connectivity index (χ1v) is 8.22. The second kappa shape index (κ2) is 5.40. The fourth-order valence-electron chi connectivity index (χ4n) is 2.14. The van der Waals surface area contributed by atoms with Gasteiger partial charge in [0.25, 0.3) is 0 Å². The van der Waals surface area contributed by atoms with Crippen molar-refractivity contribution < 1.29 is 13.2 Å². The number of hydrogen-bond donors (Lipinski definition) is 2. The van der Waals surface area contributed by atoms with E-state index in [-0.39, 0.29) is 4.90 Å². The Kier molecular flexibility index (Phi) is 4.20. The van der Waals surface area contributed by atoms with Gasteiger partial charge in [0.2, 0.25) is 10.0 Å².